The second kappa shape index (κ2) is 13.2. The van der Waals surface area contributed by atoms with Gasteiger partial charge in [-0.3, -0.25) is 9.59 Å². The van der Waals surface area contributed by atoms with Gasteiger partial charge in [0.15, 0.2) is 11.5 Å². The number of carboxylic acids is 1. The minimum atomic E-state index is -1.03. The van der Waals surface area contributed by atoms with Crippen LogP contribution in [0.1, 0.15) is 28.4 Å². The summed E-state index contributed by atoms with van der Waals surface area (Å²) in [6.45, 7) is 1.77. The quantitative estimate of drug-likeness (QED) is 0.154. The van der Waals surface area contributed by atoms with Crippen LogP contribution in [-0.4, -0.2) is 54.1 Å². The second-order valence-corrected chi connectivity index (χ2v) is 9.85. The first-order chi connectivity index (χ1) is 19.7. The molecule has 0 spiro atoms. The summed E-state index contributed by atoms with van der Waals surface area (Å²) >= 11 is 2.07. The molecule has 1 saturated heterocycles. The van der Waals surface area contributed by atoms with Crippen LogP contribution in [0.15, 0.2) is 66.4 Å². The predicted octanol–water partition coefficient (Wildman–Crippen LogP) is 4.51. The fraction of sp³-hybridized carbons (Fsp3) is 0.172. The van der Waals surface area contributed by atoms with Crippen molar-refractivity contribution in [2.45, 2.75) is 13.5 Å². The van der Waals surface area contributed by atoms with Crippen LogP contribution in [0, 0.1) is 3.57 Å². The highest BCUT2D eigenvalue weighted by Gasteiger charge is 2.35. The van der Waals surface area contributed by atoms with E-state index in [1.165, 1.54) is 25.3 Å². The van der Waals surface area contributed by atoms with Crippen LogP contribution in [0.2, 0.25) is 0 Å². The maximum absolute atomic E-state index is 13.0. The Labute approximate surface area is 249 Å². The van der Waals surface area contributed by atoms with Crippen molar-refractivity contribution in [2.24, 2.45) is 0 Å². The molecule has 0 aliphatic carbocycles. The lowest BCUT2D eigenvalue weighted by molar-refractivity contribution is -0.127. The van der Waals surface area contributed by atoms with Gasteiger partial charge in [-0.05, 0) is 83.1 Å². The first-order valence-electron chi connectivity index (χ1n) is 12.4. The molecule has 1 aliphatic rings. The number of hydrogen-bond donors (Lipinski definition) is 3. The van der Waals surface area contributed by atoms with Crippen molar-refractivity contribution >= 4 is 58.2 Å². The zero-order chi connectivity index (χ0) is 29.5. The number of para-hydroxylation sites is 2. The SMILES string of the molecule is CCOc1cc(/C=C2/NC(=O)N(CC(=O)Nc3ccccc3OC)C2=O)cc(I)c1OCc1cccc(C(=O)O)c1. The second-order valence-electron chi connectivity index (χ2n) is 8.69. The number of carbonyl (C=O) groups is 4. The number of amides is 4. The molecule has 1 fully saturated rings. The summed E-state index contributed by atoms with van der Waals surface area (Å²) in [4.78, 5) is 50.2. The van der Waals surface area contributed by atoms with Crippen LogP contribution < -0.4 is 24.8 Å². The number of benzene rings is 3. The van der Waals surface area contributed by atoms with Gasteiger partial charge in [0.05, 0.1) is 28.5 Å². The van der Waals surface area contributed by atoms with E-state index in [2.05, 4.69) is 33.2 Å². The fourth-order valence-electron chi connectivity index (χ4n) is 3.99. The Hall–Kier alpha value is -4.59. The molecule has 0 aromatic heterocycles. The Balaban J connectivity index is 1.49. The summed E-state index contributed by atoms with van der Waals surface area (Å²) in [6, 6.07) is 15.9. The Morgan fingerprint density at radius 2 is 1.83 bits per heavy atom. The lowest BCUT2D eigenvalue weighted by Crippen LogP contribution is -2.38. The molecule has 1 aliphatic heterocycles. The van der Waals surface area contributed by atoms with Gasteiger partial charge in [0.2, 0.25) is 5.91 Å². The first-order valence-corrected chi connectivity index (χ1v) is 13.5. The standard InChI is InChI=1S/C29H26IN3O8/c1-3-40-24-14-18(12-20(30)26(24)41-16-17-7-6-8-19(11-17)28(36)37)13-22-27(35)33(29(38)32-22)15-25(34)31-21-9-4-5-10-23(21)39-2/h4-14H,3,15-16H2,1-2H3,(H,31,34)(H,32,38)(H,36,37)/b22-13+. The van der Waals surface area contributed by atoms with Crippen molar-refractivity contribution in [3.8, 4) is 17.2 Å². The van der Waals surface area contributed by atoms with Crippen molar-refractivity contribution in [3.63, 3.8) is 0 Å². The number of carbonyl (C=O) groups excluding carboxylic acids is 3. The van der Waals surface area contributed by atoms with Crippen LogP contribution in [0.5, 0.6) is 17.2 Å². The Bertz CT molecular complexity index is 1540. The summed E-state index contributed by atoms with van der Waals surface area (Å²) in [5.41, 5.74) is 1.79. The number of nitrogens with zero attached hydrogens (tertiary/aromatic N) is 1. The van der Waals surface area contributed by atoms with Gasteiger partial charge in [0.1, 0.15) is 24.6 Å². The third-order valence-corrected chi connectivity index (χ3v) is 6.65. The van der Waals surface area contributed by atoms with Gasteiger partial charge in [-0.15, -0.1) is 0 Å². The van der Waals surface area contributed by atoms with Gasteiger partial charge in [0.25, 0.3) is 5.91 Å². The van der Waals surface area contributed by atoms with Gasteiger partial charge in [-0.1, -0.05) is 24.3 Å². The molecule has 41 heavy (non-hydrogen) atoms. The normalized spacial score (nSPS) is 13.6. The number of aromatic carboxylic acids is 1. The minimum Gasteiger partial charge on any atom is -0.495 e. The maximum Gasteiger partial charge on any atom is 0.335 e. The summed E-state index contributed by atoms with van der Waals surface area (Å²) in [6.07, 6.45) is 1.49. The smallest absolute Gasteiger partial charge is 0.335 e. The zero-order valence-corrected chi connectivity index (χ0v) is 24.3. The molecule has 11 nitrogen and oxygen atoms in total. The molecule has 212 valence electrons. The number of carboxylic acid groups (broad SMARTS) is 1. The number of imide groups is 1. The average molecular weight is 671 g/mol. The van der Waals surface area contributed by atoms with E-state index in [1.54, 1.807) is 48.5 Å². The van der Waals surface area contributed by atoms with Gasteiger partial charge >= 0.3 is 12.0 Å². The number of ether oxygens (including phenoxy) is 3. The molecule has 0 unspecified atom stereocenters. The number of nitrogens with one attached hydrogen (secondary N) is 2. The predicted molar refractivity (Wildman–Crippen MR) is 158 cm³/mol. The van der Waals surface area contributed by atoms with Crippen molar-refractivity contribution < 1.29 is 38.5 Å². The lowest BCUT2D eigenvalue weighted by atomic mass is 10.1. The van der Waals surface area contributed by atoms with Crippen LogP contribution in [0.3, 0.4) is 0 Å². The van der Waals surface area contributed by atoms with Gasteiger partial charge in [0, 0.05) is 0 Å². The van der Waals surface area contributed by atoms with E-state index >= 15 is 0 Å². The number of urea groups is 1. The molecule has 3 aromatic carbocycles. The van der Waals surface area contributed by atoms with E-state index in [-0.39, 0.29) is 17.9 Å². The zero-order valence-electron chi connectivity index (χ0n) is 22.1. The number of anilines is 1. The van der Waals surface area contributed by atoms with E-state index in [1.807, 2.05) is 6.92 Å². The van der Waals surface area contributed by atoms with Crippen LogP contribution in [-0.2, 0) is 16.2 Å². The maximum atomic E-state index is 13.0. The fourth-order valence-corrected chi connectivity index (χ4v) is 4.77. The first kappa shape index (κ1) is 29.4. The van der Waals surface area contributed by atoms with Crippen molar-refractivity contribution in [1.82, 2.24) is 10.2 Å². The highest BCUT2D eigenvalue weighted by Crippen LogP contribution is 2.36. The third kappa shape index (κ3) is 7.14. The van der Waals surface area contributed by atoms with E-state index < -0.39 is 30.4 Å². The summed E-state index contributed by atoms with van der Waals surface area (Å²) in [5.74, 6) is -0.950. The third-order valence-electron chi connectivity index (χ3n) is 5.84. The Kier molecular flexibility index (Phi) is 9.45. The average Bonchev–Trinajstić information content (AvgIpc) is 3.20. The molecular formula is C29H26IN3O8. The summed E-state index contributed by atoms with van der Waals surface area (Å²) in [7, 11) is 1.47. The van der Waals surface area contributed by atoms with Crippen molar-refractivity contribution in [2.75, 3.05) is 25.6 Å². The number of hydrogen-bond acceptors (Lipinski definition) is 7. The topological polar surface area (TPSA) is 144 Å². The number of halogens is 1. The molecule has 0 radical (unpaired) electrons. The highest BCUT2D eigenvalue weighted by atomic mass is 127. The number of methoxy groups -OCH3 is 1. The van der Waals surface area contributed by atoms with Gasteiger partial charge in [-0.2, -0.15) is 0 Å². The van der Waals surface area contributed by atoms with Crippen molar-refractivity contribution in [1.29, 1.82) is 0 Å². The minimum absolute atomic E-state index is 0.00232. The summed E-state index contributed by atoms with van der Waals surface area (Å²) in [5, 5.41) is 14.4. The van der Waals surface area contributed by atoms with Crippen LogP contribution in [0.25, 0.3) is 6.08 Å². The molecule has 4 rings (SSSR count). The molecule has 0 atom stereocenters. The lowest BCUT2D eigenvalue weighted by Gasteiger charge is -2.15. The Morgan fingerprint density at radius 1 is 1.05 bits per heavy atom. The molecule has 4 amide bonds. The Morgan fingerprint density at radius 3 is 2.56 bits per heavy atom. The van der Waals surface area contributed by atoms with E-state index in [9.17, 15) is 24.3 Å². The molecule has 1 heterocycles. The largest absolute Gasteiger partial charge is 0.495 e. The van der Waals surface area contributed by atoms with Gasteiger partial charge in [-0.25, -0.2) is 14.5 Å². The van der Waals surface area contributed by atoms with Crippen molar-refractivity contribution in [3.05, 3.63) is 86.6 Å². The van der Waals surface area contributed by atoms with Gasteiger partial charge < -0.3 is 30.0 Å². The van der Waals surface area contributed by atoms with E-state index in [0.29, 0.717) is 44.2 Å². The summed E-state index contributed by atoms with van der Waals surface area (Å²) < 4.78 is 17.6. The number of rotatable bonds is 11. The van der Waals surface area contributed by atoms with E-state index in [4.69, 9.17) is 14.2 Å². The molecule has 0 bridgehead atoms. The van der Waals surface area contributed by atoms with Crippen LogP contribution >= 0.6 is 22.6 Å². The highest BCUT2D eigenvalue weighted by molar-refractivity contribution is 14.1. The molecular weight excluding hydrogens is 645 g/mol. The molecule has 3 N–H and O–H groups in total. The van der Waals surface area contributed by atoms with E-state index in [0.717, 1.165) is 4.90 Å². The molecule has 12 heteroatoms. The monoisotopic (exact) mass is 671 g/mol. The molecule has 3 aromatic rings. The van der Waals surface area contributed by atoms with Crippen LogP contribution in [0.4, 0.5) is 10.5 Å². The molecule has 0 saturated carbocycles.